The van der Waals surface area contributed by atoms with E-state index in [0.29, 0.717) is 23.6 Å². The van der Waals surface area contributed by atoms with Crippen molar-refractivity contribution in [1.82, 2.24) is 24.6 Å². The molecule has 3 aromatic rings. The normalized spacial score (nSPS) is 20.9. The van der Waals surface area contributed by atoms with Gasteiger partial charge < -0.3 is 24.3 Å². The lowest BCUT2D eigenvalue weighted by Gasteiger charge is -2.30. The highest BCUT2D eigenvalue weighted by atomic mass is 19.4. The maximum Gasteiger partial charge on any atom is 0.423 e. The summed E-state index contributed by atoms with van der Waals surface area (Å²) in [5, 5.41) is 11.9. The molecule has 2 fully saturated rings. The molecule has 1 saturated carbocycles. The molecule has 0 unspecified atom stereocenters. The Balaban J connectivity index is 1.35. The predicted molar refractivity (Wildman–Crippen MR) is 117 cm³/mol. The lowest BCUT2D eigenvalue weighted by Crippen LogP contribution is -2.39. The first kappa shape index (κ1) is 23.4. The third-order valence-corrected chi connectivity index (χ3v) is 6.26. The molecule has 3 aromatic heterocycles. The van der Waals surface area contributed by atoms with Crippen LogP contribution in [0.5, 0.6) is 17.4 Å². The summed E-state index contributed by atoms with van der Waals surface area (Å²) in [4.78, 5) is 7.96. The number of hydrogen-bond acceptors (Lipinski definition) is 9. The van der Waals surface area contributed by atoms with Gasteiger partial charge >= 0.3 is 6.18 Å². The molecular weight excluding hydrogens is 469 g/mol. The quantitative estimate of drug-likeness (QED) is 0.529. The summed E-state index contributed by atoms with van der Waals surface area (Å²) < 4.78 is 63.3. The first-order valence-electron chi connectivity index (χ1n) is 11.3. The van der Waals surface area contributed by atoms with Crippen molar-refractivity contribution in [2.24, 2.45) is 0 Å². The first-order chi connectivity index (χ1) is 16.9. The van der Waals surface area contributed by atoms with Crippen LogP contribution in [0, 0.1) is 0 Å². The van der Waals surface area contributed by atoms with Gasteiger partial charge in [-0.3, -0.25) is 4.40 Å². The molecule has 0 aromatic carbocycles. The molecule has 2 aliphatic rings. The number of rotatable bonds is 7. The van der Waals surface area contributed by atoms with Crippen molar-refractivity contribution < 1.29 is 32.1 Å². The highest BCUT2D eigenvalue weighted by Crippen LogP contribution is 2.38. The summed E-state index contributed by atoms with van der Waals surface area (Å²) in [5.41, 5.74) is -0.364. The van der Waals surface area contributed by atoms with Gasteiger partial charge in [0.05, 0.1) is 33.6 Å². The van der Waals surface area contributed by atoms with E-state index in [9.17, 15) is 13.2 Å². The van der Waals surface area contributed by atoms with Gasteiger partial charge in [-0.05, 0) is 19.3 Å². The van der Waals surface area contributed by atoms with Crippen molar-refractivity contribution in [3.05, 3.63) is 29.8 Å². The number of nitrogens with zero attached hydrogens (tertiary/aromatic N) is 5. The third kappa shape index (κ3) is 4.77. The minimum Gasteiger partial charge on any atom is -0.493 e. The van der Waals surface area contributed by atoms with Crippen LogP contribution in [0.2, 0.25) is 0 Å². The van der Waals surface area contributed by atoms with E-state index >= 15 is 0 Å². The molecule has 4 heterocycles. The van der Waals surface area contributed by atoms with Crippen molar-refractivity contribution in [2.75, 3.05) is 32.8 Å². The van der Waals surface area contributed by atoms with Crippen LogP contribution in [-0.2, 0) is 10.9 Å². The molecule has 0 amide bonds. The molecule has 1 saturated heterocycles. The Kier molecular flexibility index (Phi) is 6.26. The number of hydrogen-bond donors (Lipinski definition) is 1. The Morgan fingerprint density at radius 2 is 1.91 bits per heavy atom. The van der Waals surface area contributed by atoms with Gasteiger partial charge in [-0.2, -0.15) is 18.2 Å². The average Bonchev–Trinajstić information content (AvgIpc) is 3.23. The molecule has 1 aliphatic heterocycles. The van der Waals surface area contributed by atoms with E-state index in [4.69, 9.17) is 18.9 Å². The SMILES string of the molecule is COc1cc2nnc([C@H]3CCC[C@@H](Nc4ncc(C(F)(F)F)c(OC5COC5)n4)C3)n2cc1OC. The van der Waals surface area contributed by atoms with Crippen LogP contribution in [0.4, 0.5) is 19.1 Å². The number of anilines is 1. The van der Waals surface area contributed by atoms with Crippen LogP contribution in [0.15, 0.2) is 18.5 Å². The fourth-order valence-electron chi connectivity index (χ4n) is 4.41. The van der Waals surface area contributed by atoms with Gasteiger partial charge in [-0.25, -0.2) is 4.98 Å². The number of alkyl halides is 3. The summed E-state index contributed by atoms with van der Waals surface area (Å²) in [5.74, 6) is 1.60. The Morgan fingerprint density at radius 3 is 2.60 bits per heavy atom. The van der Waals surface area contributed by atoms with Gasteiger partial charge in [0.15, 0.2) is 17.1 Å². The van der Waals surface area contributed by atoms with Gasteiger partial charge in [0, 0.05) is 24.2 Å². The maximum absolute atomic E-state index is 13.4. The summed E-state index contributed by atoms with van der Waals surface area (Å²) in [6.45, 7) is 0.467. The van der Waals surface area contributed by atoms with Gasteiger partial charge in [0.25, 0.3) is 0 Å². The van der Waals surface area contributed by atoms with Crippen molar-refractivity contribution in [3.8, 4) is 17.4 Å². The zero-order chi connectivity index (χ0) is 24.6. The average molecular weight is 494 g/mol. The van der Waals surface area contributed by atoms with Crippen molar-refractivity contribution in [1.29, 1.82) is 0 Å². The van der Waals surface area contributed by atoms with Gasteiger partial charge in [-0.15, -0.1) is 10.2 Å². The van der Waals surface area contributed by atoms with Crippen LogP contribution >= 0.6 is 0 Å². The first-order valence-corrected chi connectivity index (χ1v) is 11.3. The summed E-state index contributed by atoms with van der Waals surface area (Å²) in [6.07, 6.45) is 0.796. The van der Waals surface area contributed by atoms with Crippen molar-refractivity contribution in [3.63, 3.8) is 0 Å². The van der Waals surface area contributed by atoms with Gasteiger partial charge in [0.2, 0.25) is 11.8 Å². The van der Waals surface area contributed by atoms with Crippen LogP contribution in [0.3, 0.4) is 0 Å². The van der Waals surface area contributed by atoms with Crippen LogP contribution in [-0.4, -0.2) is 64.1 Å². The Hall–Kier alpha value is -3.35. The number of pyridine rings is 1. The van der Waals surface area contributed by atoms with E-state index in [0.717, 1.165) is 31.3 Å². The second-order valence-electron chi connectivity index (χ2n) is 8.59. The molecule has 1 aliphatic carbocycles. The minimum atomic E-state index is -4.62. The van der Waals surface area contributed by atoms with Crippen LogP contribution in [0.1, 0.15) is 43.0 Å². The van der Waals surface area contributed by atoms with Crippen molar-refractivity contribution >= 4 is 11.6 Å². The van der Waals surface area contributed by atoms with E-state index in [-0.39, 0.29) is 31.1 Å². The minimum absolute atomic E-state index is 0.0575. The van der Waals surface area contributed by atoms with E-state index < -0.39 is 23.7 Å². The lowest BCUT2D eigenvalue weighted by molar-refractivity contribution is -0.142. The smallest absolute Gasteiger partial charge is 0.423 e. The number of halogens is 3. The number of fused-ring (bicyclic) bond motifs is 1. The molecule has 0 bridgehead atoms. The number of ether oxygens (including phenoxy) is 4. The second kappa shape index (κ2) is 9.36. The third-order valence-electron chi connectivity index (χ3n) is 6.26. The second-order valence-corrected chi connectivity index (χ2v) is 8.59. The fraction of sp³-hybridized carbons (Fsp3) is 0.545. The zero-order valence-corrected chi connectivity index (χ0v) is 19.2. The Bertz CT molecular complexity index is 1200. The standard InChI is InChI=1S/C22H25F3N6O4/c1-32-16-7-18-29-30-19(31(18)9-17(16)33-2)12-4-3-5-13(6-12)27-21-26-8-15(22(23,24)25)20(28-21)35-14-10-34-11-14/h7-9,12-14H,3-6,10-11H2,1-2H3,(H,26,27,28)/t12-,13+/m0/s1. The molecule has 0 spiro atoms. The molecule has 188 valence electrons. The van der Waals surface area contributed by atoms with E-state index in [1.165, 1.54) is 0 Å². The van der Waals surface area contributed by atoms with E-state index in [1.54, 1.807) is 26.5 Å². The predicted octanol–water partition coefficient (Wildman–Crippen LogP) is 3.47. The van der Waals surface area contributed by atoms with Gasteiger partial charge in [-0.1, -0.05) is 6.42 Å². The largest absolute Gasteiger partial charge is 0.493 e. The highest BCUT2D eigenvalue weighted by Gasteiger charge is 2.38. The molecule has 10 nitrogen and oxygen atoms in total. The molecule has 0 radical (unpaired) electrons. The van der Waals surface area contributed by atoms with Crippen LogP contribution < -0.4 is 19.5 Å². The van der Waals surface area contributed by atoms with Crippen molar-refractivity contribution in [2.45, 2.75) is 49.9 Å². The van der Waals surface area contributed by atoms with E-state index in [1.807, 2.05) is 4.40 Å². The molecule has 35 heavy (non-hydrogen) atoms. The maximum atomic E-state index is 13.4. The monoisotopic (exact) mass is 494 g/mol. The van der Waals surface area contributed by atoms with Gasteiger partial charge in [0.1, 0.15) is 17.5 Å². The number of aromatic nitrogens is 5. The Labute approximate surface area is 198 Å². The van der Waals surface area contributed by atoms with E-state index in [2.05, 4.69) is 25.5 Å². The highest BCUT2D eigenvalue weighted by molar-refractivity contribution is 5.51. The summed E-state index contributed by atoms with van der Waals surface area (Å²) in [6, 6.07) is 1.70. The number of methoxy groups -OCH3 is 2. The summed E-state index contributed by atoms with van der Waals surface area (Å²) >= 11 is 0. The zero-order valence-electron chi connectivity index (χ0n) is 19.2. The van der Waals surface area contributed by atoms with Crippen LogP contribution in [0.25, 0.3) is 5.65 Å². The number of nitrogens with one attached hydrogen (secondary N) is 1. The fourth-order valence-corrected chi connectivity index (χ4v) is 4.41. The topological polar surface area (TPSA) is 105 Å². The Morgan fingerprint density at radius 1 is 1.11 bits per heavy atom. The molecule has 13 heteroatoms. The molecule has 2 atom stereocenters. The summed E-state index contributed by atoms with van der Waals surface area (Å²) in [7, 11) is 3.12. The molecule has 5 rings (SSSR count). The molecular formula is C22H25F3N6O4. The molecule has 1 N–H and O–H groups in total. The lowest BCUT2D eigenvalue weighted by atomic mass is 9.85.